The number of hydrogen-bond acceptors (Lipinski definition) is 5. The number of carbonyl (C=O) groups excluding carboxylic acids is 1. The Morgan fingerprint density at radius 1 is 1.20 bits per heavy atom. The Kier molecular flexibility index (Phi) is 6.22. The zero-order valence-electron chi connectivity index (χ0n) is 16.1. The fourth-order valence-corrected chi connectivity index (χ4v) is 4.63. The molecule has 0 aliphatic heterocycles. The Morgan fingerprint density at radius 3 is 2.80 bits per heavy atom. The first-order valence-electron chi connectivity index (χ1n) is 9.22. The number of para-hydroxylation sites is 1. The SMILES string of the molecule is Cc1ccc(NC(=O)CSc2nc3ccccc3c(=O)n2Cc2cccs2)cc1Cl. The van der Waals surface area contributed by atoms with Crippen LogP contribution in [0.2, 0.25) is 5.02 Å². The maximum Gasteiger partial charge on any atom is 0.262 e. The van der Waals surface area contributed by atoms with E-state index in [-0.39, 0.29) is 17.2 Å². The number of nitrogens with one attached hydrogen (secondary N) is 1. The van der Waals surface area contributed by atoms with Gasteiger partial charge >= 0.3 is 0 Å². The summed E-state index contributed by atoms with van der Waals surface area (Å²) in [6.07, 6.45) is 0. The van der Waals surface area contributed by atoms with E-state index in [0.717, 1.165) is 10.4 Å². The van der Waals surface area contributed by atoms with Gasteiger partial charge in [-0.3, -0.25) is 14.2 Å². The number of nitrogens with zero attached hydrogens (tertiary/aromatic N) is 2. The van der Waals surface area contributed by atoms with E-state index in [9.17, 15) is 9.59 Å². The number of thioether (sulfide) groups is 1. The summed E-state index contributed by atoms with van der Waals surface area (Å²) >= 11 is 8.95. The van der Waals surface area contributed by atoms with Gasteiger partial charge in [0.15, 0.2) is 5.16 Å². The quantitative estimate of drug-likeness (QED) is 0.320. The third-order valence-corrected chi connectivity index (χ3v) is 6.75. The molecule has 0 unspecified atom stereocenters. The smallest absolute Gasteiger partial charge is 0.262 e. The lowest BCUT2D eigenvalue weighted by Crippen LogP contribution is -2.24. The van der Waals surface area contributed by atoms with Crippen molar-refractivity contribution in [2.45, 2.75) is 18.6 Å². The zero-order chi connectivity index (χ0) is 21.1. The summed E-state index contributed by atoms with van der Waals surface area (Å²) in [5.74, 6) is -0.0641. The van der Waals surface area contributed by atoms with Crippen LogP contribution in [0.3, 0.4) is 0 Å². The molecule has 1 amide bonds. The predicted octanol–water partition coefficient (Wildman–Crippen LogP) is 5.20. The Morgan fingerprint density at radius 2 is 2.03 bits per heavy atom. The van der Waals surface area contributed by atoms with Crippen LogP contribution < -0.4 is 10.9 Å². The van der Waals surface area contributed by atoms with E-state index in [1.807, 2.05) is 54.8 Å². The molecular formula is C22H18ClN3O2S2. The molecule has 1 N–H and O–H groups in total. The summed E-state index contributed by atoms with van der Waals surface area (Å²) in [5, 5.41) is 6.50. The molecule has 0 aliphatic rings. The van der Waals surface area contributed by atoms with Gasteiger partial charge in [0.05, 0.1) is 23.2 Å². The third-order valence-electron chi connectivity index (χ3n) is 4.51. The third kappa shape index (κ3) is 4.59. The Bertz CT molecular complexity index is 1270. The first-order chi connectivity index (χ1) is 14.5. The summed E-state index contributed by atoms with van der Waals surface area (Å²) in [6, 6.07) is 16.6. The van der Waals surface area contributed by atoms with E-state index in [1.165, 1.54) is 11.8 Å². The number of benzene rings is 2. The number of anilines is 1. The zero-order valence-corrected chi connectivity index (χ0v) is 18.5. The minimum atomic E-state index is -0.190. The van der Waals surface area contributed by atoms with E-state index in [0.29, 0.717) is 33.3 Å². The van der Waals surface area contributed by atoms with Crippen molar-refractivity contribution in [3.63, 3.8) is 0 Å². The lowest BCUT2D eigenvalue weighted by Gasteiger charge is -2.12. The van der Waals surface area contributed by atoms with E-state index >= 15 is 0 Å². The lowest BCUT2D eigenvalue weighted by atomic mass is 10.2. The molecule has 8 heteroatoms. The van der Waals surface area contributed by atoms with Gasteiger partial charge in [0, 0.05) is 15.6 Å². The molecule has 0 spiro atoms. The minimum absolute atomic E-state index is 0.109. The lowest BCUT2D eigenvalue weighted by molar-refractivity contribution is -0.113. The molecule has 0 saturated carbocycles. The summed E-state index contributed by atoms with van der Waals surface area (Å²) < 4.78 is 1.63. The molecule has 5 nitrogen and oxygen atoms in total. The summed E-state index contributed by atoms with van der Waals surface area (Å²) in [4.78, 5) is 31.3. The van der Waals surface area contributed by atoms with Crippen molar-refractivity contribution in [1.82, 2.24) is 9.55 Å². The van der Waals surface area contributed by atoms with Crippen LogP contribution >= 0.6 is 34.7 Å². The van der Waals surface area contributed by atoms with Crippen molar-refractivity contribution >= 4 is 57.2 Å². The molecule has 30 heavy (non-hydrogen) atoms. The number of aromatic nitrogens is 2. The second kappa shape index (κ2) is 9.04. The number of carbonyl (C=O) groups is 1. The average molecular weight is 456 g/mol. The monoisotopic (exact) mass is 455 g/mol. The molecule has 0 atom stereocenters. The standard InChI is InChI=1S/C22H18ClN3O2S2/c1-14-8-9-15(11-18(14)23)24-20(27)13-30-22-25-19-7-3-2-6-17(19)21(28)26(22)12-16-5-4-10-29-16/h2-11H,12-13H2,1H3,(H,24,27). The first-order valence-corrected chi connectivity index (χ1v) is 11.5. The first kappa shape index (κ1) is 20.7. The number of fused-ring (bicyclic) bond motifs is 1. The van der Waals surface area contributed by atoms with Crippen LogP contribution in [0, 0.1) is 6.92 Å². The Hall–Kier alpha value is -2.61. The van der Waals surface area contributed by atoms with Gasteiger partial charge in [0.25, 0.3) is 5.56 Å². The minimum Gasteiger partial charge on any atom is -0.325 e. The van der Waals surface area contributed by atoms with E-state index in [1.54, 1.807) is 28.0 Å². The number of rotatable bonds is 6. The highest BCUT2D eigenvalue weighted by molar-refractivity contribution is 7.99. The van der Waals surface area contributed by atoms with Gasteiger partial charge < -0.3 is 5.32 Å². The van der Waals surface area contributed by atoms with Crippen LogP contribution in [0.5, 0.6) is 0 Å². The molecule has 152 valence electrons. The normalized spacial score (nSPS) is 11.0. The second-order valence-electron chi connectivity index (χ2n) is 6.68. The number of aryl methyl sites for hydroxylation is 1. The van der Waals surface area contributed by atoms with Crippen LogP contribution in [0.1, 0.15) is 10.4 Å². The molecule has 4 aromatic rings. The molecule has 2 heterocycles. The summed E-state index contributed by atoms with van der Waals surface area (Å²) in [5.41, 5.74) is 2.10. The summed E-state index contributed by atoms with van der Waals surface area (Å²) in [6.45, 7) is 2.33. The van der Waals surface area contributed by atoms with Gasteiger partial charge in [-0.05, 0) is 48.2 Å². The van der Waals surface area contributed by atoms with Crippen molar-refractivity contribution in [3.8, 4) is 0 Å². The number of hydrogen-bond donors (Lipinski definition) is 1. The van der Waals surface area contributed by atoms with Crippen molar-refractivity contribution in [2.75, 3.05) is 11.1 Å². The molecule has 0 radical (unpaired) electrons. The fraction of sp³-hybridized carbons (Fsp3) is 0.136. The number of amides is 1. The molecule has 2 aromatic carbocycles. The van der Waals surface area contributed by atoms with E-state index < -0.39 is 0 Å². The van der Waals surface area contributed by atoms with E-state index in [2.05, 4.69) is 10.3 Å². The molecule has 0 aliphatic carbocycles. The second-order valence-corrected chi connectivity index (χ2v) is 9.06. The topological polar surface area (TPSA) is 64.0 Å². The maximum absolute atomic E-state index is 13.1. The van der Waals surface area contributed by atoms with Gasteiger partial charge in [-0.25, -0.2) is 4.98 Å². The number of thiophene rings is 1. The Balaban J connectivity index is 1.58. The molecule has 0 fully saturated rings. The van der Waals surface area contributed by atoms with Crippen LogP contribution in [0.15, 0.2) is 69.9 Å². The van der Waals surface area contributed by atoms with Crippen LogP contribution in [-0.4, -0.2) is 21.2 Å². The molecule has 0 saturated heterocycles. The van der Waals surface area contributed by atoms with Crippen molar-refractivity contribution in [3.05, 3.63) is 85.8 Å². The highest BCUT2D eigenvalue weighted by atomic mass is 35.5. The largest absolute Gasteiger partial charge is 0.325 e. The van der Waals surface area contributed by atoms with Crippen molar-refractivity contribution in [2.24, 2.45) is 0 Å². The average Bonchev–Trinajstić information content (AvgIpc) is 3.25. The van der Waals surface area contributed by atoms with Crippen LogP contribution in [0.25, 0.3) is 10.9 Å². The van der Waals surface area contributed by atoms with Crippen LogP contribution in [0.4, 0.5) is 5.69 Å². The Labute approximate surface area is 186 Å². The highest BCUT2D eigenvalue weighted by Crippen LogP contribution is 2.22. The van der Waals surface area contributed by atoms with Crippen molar-refractivity contribution in [1.29, 1.82) is 0 Å². The van der Waals surface area contributed by atoms with E-state index in [4.69, 9.17) is 11.6 Å². The van der Waals surface area contributed by atoms with Gasteiger partial charge in [-0.2, -0.15) is 0 Å². The van der Waals surface area contributed by atoms with Gasteiger partial charge in [0.1, 0.15) is 0 Å². The molecule has 0 bridgehead atoms. The summed E-state index contributed by atoms with van der Waals surface area (Å²) in [7, 11) is 0. The van der Waals surface area contributed by atoms with Crippen molar-refractivity contribution < 1.29 is 4.79 Å². The van der Waals surface area contributed by atoms with Gasteiger partial charge in [-0.15, -0.1) is 11.3 Å². The van der Waals surface area contributed by atoms with Crippen LogP contribution in [-0.2, 0) is 11.3 Å². The molecule has 2 aromatic heterocycles. The highest BCUT2D eigenvalue weighted by Gasteiger charge is 2.14. The fourth-order valence-electron chi connectivity index (χ4n) is 2.95. The molecule has 4 rings (SSSR count). The number of halogens is 1. The van der Waals surface area contributed by atoms with Gasteiger partial charge in [-0.1, -0.05) is 47.6 Å². The predicted molar refractivity (Wildman–Crippen MR) is 125 cm³/mol. The maximum atomic E-state index is 13.1. The molecular weight excluding hydrogens is 438 g/mol. The van der Waals surface area contributed by atoms with Gasteiger partial charge in [0.2, 0.25) is 5.91 Å².